The summed E-state index contributed by atoms with van der Waals surface area (Å²) in [7, 11) is 0. The first-order valence-electron chi connectivity index (χ1n) is 9.37. The largest absolute Gasteiger partial charge is 0.341 e. The summed E-state index contributed by atoms with van der Waals surface area (Å²) in [4.78, 5) is 42.3. The van der Waals surface area contributed by atoms with E-state index in [9.17, 15) is 14.4 Å². The number of H-pyrrole nitrogens is 1. The van der Waals surface area contributed by atoms with Crippen molar-refractivity contribution in [1.29, 1.82) is 0 Å². The minimum atomic E-state index is -0.464. The van der Waals surface area contributed by atoms with Gasteiger partial charge in [-0.15, -0.1) is 0 Å². The number of hydrogen-bond donors (Lipinski definition) is 1. The Kier molecular flexibility index (Phi) is 5.76. The highest BCUT2D eigenvalue weighted by atomic mass is 16.2. The van der Waals surface area contributed by atoms with Crippen molar-refractivity contribution in [3.8, 4) is 0 Å². The average Bonchev–Trinajstić information content (AvgIpc) is 2.91. The Morgan fingerprint density at radius 2 is 2.04 bits per heavy atom. The predicted octanol–water partition coefficient (Wildman–Crippen LogP) is 0.816. The van der Waals surface area contributed by atoms with Gasteiger partial charge in [-0.25, -0.2) is 4.79 Å². The molecule has 7 heteroatoms. The van der Waals surface area contributed by atoms with Crippen molar-refractivity contribution in [1.82, 2.24) is 19.4 Å². The maximum atomic E-state index is 12.7. The molecule has 3 saturated heterocycles. The number of nitrogens with zero attached hydrogens (tertiary/aromatic N) is 3. The van der Waals surface area contributed by atoms with Gasteiger partial charge in [0.1, 0.15) is 0 Å². The summed E-state index contributed by atoms with van der Waals surface area (Å²) in [6, 6.07) is 1.73. The number of amides is 1. The summed E-state index contributed by atoms with van der Waals surface area (Å²) in [5.74, 6) is 0.614. The molecule has 26 heavy (non-hydrogen) atoms. The number of nitrogens with one attached hydrogen (secondary N) is 1. The van der Waals surface area contributed by atoms with Gasteiger partial charge in [0.25, 0.3) is 5.56 Å². The molecule has 2 atom stereocenters. The molecule has 0 aliphatic carbocycles. The van der Waals surface area contributed by atoms with Gasteiger partial charge in [-0.2, -0.15) is 0 Å². The highest BCUT2D eigenvalue weighted by Crippen LogP contribution is 2.28. The molecule has 7 nitrogen and oxygen atoms in total. The van der Waals surface area contributed by atoms with E-state index in [4.69, 9.17) is 0 Å². The van der Waals surface area contributed by atoms with Gasteiger partial charge in [0, 0.05) is 57.4 Å². The molecule has 0 unspecified atom stereocenters. The standard InChI is InChI=1S/C19H28N4O3/c1-14(2)5-8-22-11-15-3-4-16(22)13-23(12-15)18(25)7-10-21-9-6-17(24)20-19(21)26/h5-6,9,15-16H,3-4,7-8,10-13H2,1-2H3,(H,20,24,26)/t15-,16-/m0/s1. The average molecular weight is 360 g/mol. The molecular weight excluding hydrogens is 332 g/mol. The lowest BCUT2D eigenvalue weighted by Gasteiger charge is -2.35. The van der Waals surface area contributed by atoms with E-state index in [1.807, 2.05) is 4.90 Å². The van der Waals surface area contributed by atoms with E-state index in [1.54, 1.807) is 0 Å². The number of aromatic amines is 1. The highest BCUT2D eigenvalue weighted by Gasteiger charge is 2.35. The van der Waals surface area contributed by atoms with Crippen LogP contribution in [0.15, 0.2) is 33.5 Å². The molecule has 0 aromatic carbocycles. The summed E-state index contributed by atoms with van der Waals surface area (Å²) >= 11 is 0. The van der Waals surface area contributed by atoms with Crippen molar-refractivity contribution in [2.75, 3.05) is 26.2 Å². The molecule has 1 aromatic heterocycles. The van der Waals surface area contributed by atoms with Gasteiger partial charge < -0.3 is 9.47 Å². The van der Waals surface area contributed by atoms with Gasteiger partial charge in [-0.3, -0.25) is 19.5 Å². The van der Waals surface area contributed by atoms with Crippen LogP contribution in [0.3, 0.4) is 0 Å². The Balaban J connectivity index is 1.61. The topological polar surface area (TPSA) is 78.4 Å². The summed E-state index contributed by atoms with van der Waals surface area (Å²) in [5.41, 5.74) is 0.441. The van der Waals surface area contributed by atoms with Gasteiger partial charge in [-0.1, -0.05) is 11.6 Å². The van der Waals surface area contributed by atoms with E-state index >= 15 is 0 Å². The maximum Gasteiger partial charge on any atom is 0.328 e. The minimum Gasteiger partial charge on any atom is -0.341 e. The molecule has 1 N–H and O–H groups in total. The maximum absolute atomic E-state index is 12.7. The molecule has 4 heterocycles. The first kappa shape index (κ1) is 18.6. The number of rotatable bonds is 5. The Bertz CT molecular complexity index is 790. The number of piperidine rings is 1. The molecule has 0 saturated carbocycles. The summed E-state index contributed by atoms with van der Waals surface area (Å²) in [5, 5.41) is 0. The third-order valence-corrected chi connectivity index (χ3v) is 5.38. The zero-order valence-electron chi connectivity index (χ0n) is 15.6. The zero-order valence-corrected chi connectivity index (χ0v) is 15.6. The first-order chi connectivity index (χ1) is 12.4. The zero-order chi connectivity index (χ0) is 18.7. The van der Waals surface area contributed by atoms with E-state index in [0.717, 1.165) is 32.6 Å². The predicted molar refractivity (Wildman–Crippen MR) is 100 cm³/mol. The normalized spacial score (nSPS) is 22.9. The second-order valence-electron chi connectivity index (χ2n) is 7.68. The summed E-state index contributed by atoms with van der Waals surface area (Å²) < 4.78 is 1.38. The van der Waals surface area contributed by atoms with Crippen LogP contribution >= 0.6 is 0 Å². The van der Waals surface area contributed by atoms with Crippen LogP contribution in [-0.2, 0) is 11.3 Å². The fourth-order valence-electron chi connectivity index (χ4n) is 3.90. The molecule has 2 bridgehead atoms. The number of allylic oxidation sites excluding steroid dienone is 1. The quantitative estimate of drug-likeness (QED) is 0.789. The Morgan fingerprint density at radius 1 is 1.23 bits per heavy atom. The SMILES string of the molecule is CC(C)=CCN1C[C@@H]2CC[C@H]1CN(C(=O)CCn1ccc(=O)[nH]c1=O)C2. The molecule has 1 aromatic rings. The highest BCUT2D eigenvalue weighted by molar-refractivity contribution is 5.76. The van der Waals surface area contributed by atoms with Crippen LogP contribution in [0.4, 0.5) is 0 Å². The van der Waals surface area contributed by atoms with Crippen LogP contribution in [0.1, 0.15) is 33.1 Å². The van der Waals surface area contributed by atoms with Crippen molar-refractivity contribution >= 4 is 5.91 Å². The van der Waals surface area contributed by atoms with Crippen molar-refractivity contribution < 1.29 is 4.79 Å². The summed E-state index contributed by atoms with van der Waals surface area (Å²) in [6.07, 6.45) is 6.31. The lowest BCUT2D eigenvalue weighted by atomic mass is 9.95. The lowest BCUT2D eigenvalue weighted by Crippen LogP contribution is -2.44. The van der Waals surface area contributed by atoms with Crippen molar-refractivity contribution in [2.24, 2.45) is 5.92 Å². The molecule has 3 fully saturated rings. The number of carbonyl (C=O) groups is 1. The molecule has 3 aliphatic rings. The number of aromatic nitrogens is 2. The van der Waals surface area contributed by atoms with Gasteiger partial charge in [0.2, 0.25) is 5.91 Å². The molecular formula is C19H28N4O3. The molecule has 3 aliphatic heterocycles. The fraction of sp³-hybridized carbons (Fsp3) is 0.632. The van der Waals surface area contributed by atoms with Crippen LogP contribution in [0.25, 0.3) is 0 Å². The Hall–Kier alpha value is -2.15. The third-order valence-electron chi connectivity index (χ3n) is 5.38. The van der Waals surface area contributed by atoms with E-state index in [1.165, 1.54) is 28.8 Å². The number of hydrogen-bond acceptors (Lipinski definition) is 4. The molecule has 0 spiro atoms. The Morgan fingerprint density at radius 3 is 2.77 bits per heavy atom. The van der Waals surface area contributed by atoms with Crippen molar-refractivity contribution in [2.45, 2.75) is 45.7 Å². The number of fused-ring (bicyclic) bond motifs is 4. The molecule has 0 radical (unpaired) electrons. The smallest absolute Gasteiger partial charge is 0.328 e. The van der Waals surface area contributed by atoms with Crippen LogP contribution in [-0.4, -0.2) is 57.5 Å². The molecule has 1 amide bonds. The van der Waals surface area contributed by atoms with E-state index in [-0.39, 0.29) is 12.3 Å². The van der Waals surface area contributed by atoms with Crippen LogP contribution in [0, 0.1) is 5.92 Å². The number of carbonyl (C=O) groups excluding carboxylic acids is 1. The fourth-order valence-corrected chi connectivity index (χ4v) is 3.90. The monoisotopic (exact) mass is 360 g/mol. The van der Waals surface area contributed by atoms with Gasteiger partial charge in [0.05, 0.1) is 0 Å². The minimum absolute atomic E-state index is 0.0871. The van der Waals surface area contributed by atoms with Crippen LogP contribution in [0.2, 0.25) is 0 Å². The summed E-state index contributed by atoms with van der Waals surface area (Å²) in [6.45, 7) is 8.11. The van der Waals surface area contributed by atoms with Crippen LogP contribution < -0.4 is 11.2 Å². The van der Waals surface area contributed by atoms with E-state index < -0.39 is 11.2 Å². The first-order valence-corrected chi connectivity index (χ1v) is 9.37. The number of aryl methyl sites for hydroxylation is 1. The molecule has 142 valence electrons. The Labute approximate surface area is 153 Å². The van der Waals surface area contributed by atoms with E-state index in [0.29, 0.717) is 18.5 Å². The van der Waals surface area contributed by atoms with Crippen molar-refractivity contribution in [3.63, 3.8) is 0 Å². The van der Waals surface area contributed by atoms with Crippen molar-refractivity contribution in [3.05, 3.63) is 44.8 Å². The molecule has 4 rings (SSSR count). The van der Waals surface area contributed by atoms with E-state index in [2.05, 4.69) is 29.8 Å². The van der Waals surface area contributed by atoms with Gasteiger partial charge in [-0.05, 0) is 32.6 Å². The second-order valence-corrected chi connectivity index (χ2v) is 7.68. The second kappa shape index (κ2) is 8.03. The van der Waals surface area contributed by atoms with Crippen LogP contribution in [0.5, 0.6) is 0 Å². The van der Waals surface area contributed by atoms with Gasteiger partial charge >= 0.3 is 5.69 Å². The van der Waals surface area contributed by atoms with Gasteiger partial charge in [0.15, 0.2) is 0 Å². The third kappa shape index (κ3) is 4.52. The lowest BCUT2D eigenvalue weighted by molar-refractivity contribution is -0.131.